The monoisotopic (exact) mass is 233 g/mol. The van der Waals surface area contributed by atoms with Gasteiger partial charge in [-0.1, -0.05) is 11.8 Å². The first-order chi connectivity index (χ1) is 8.27. The summed E-state index contributed by atoms with van der Waals surface area (Å²) >= 11 is 0. The van der Waals surface area contributed by atoms with E-state index in [4.69, 9.17) is 15.2 Å². The molecule has 0 radical (unpaired) electrons. The highest BCUT2D eigenvalue weighted by molar-refractivity contribution is 5.43. The van der Waals surface area contributed by atoms with E-state index in [1.54, 1.807) is 7.11 Å². The number of hydrogen-bond acceptors (Lipinski definition) is 3. The summed E-state index contributed by atoms with van der Waals surface area (Å²) in [6.07, 6.45) is 0.894. The molecule has 0 aliphatic rings. The second-order valence-corrected chi connectivity index (χ2v) is 3.68. The van der Waals surface area contributed by atoms with Gasteiger partial charge in [0.1, 0.15) is 5.75 Å². The lowest BCUT2D eigenvalue weighted by atomic mass is 10.1. The van der Waals surface area contributed by atoms with Crippen LogP contribution >= 0.6 is 0 Å². The largest absolute Gasteiger partial charge is 0.493 e. The standard InChI is InChI=1S/C14H19NO2/c1-12-11-13(5-3-8-15)6-7-14(12)17-10-4-9-16-2/h6-7,11H,4,8-10,15H2,1-2H3. The number of aryl methyl sites for hydroxylation is 1. The summed E-state index contributed by atoms with van der Waals surface area (Å²) in [4.78, 5) is 0. The topological polar surface area (TPSA) is 44.5 Å². The average molecular weight is 233 g/mol. The molecule has 0 saturated carbocycles. The fourth-order valence-corrected chi connectivity index (χ4v) is 1.43. The number of hydrogen-bond donors (Lipinski definition) is 1. The van der Waals surface area contributed by atoms with E-state index in [-0.39, 0.29) is 0 Å². The molecule has 1 aromatic rings. The van der Waals surface area contributed by atoms with Crippen molar-refractivity contribution in [2.45, 2.75) is 13.3 Å². The van der Waals surface area contributed by atoms with E-state index in [1.807, 2.05) is 25.1 Å². The van der Waals surface area contributed by atoms with Crippen LogP contribution < -0.4 is 10.5 Å². The maximum atomic E-state index is 5.65. The van der Waals surface area contributed by atoms with Crippen LogP contribution in [-0.4, -0.2) is 26.9 Å². The Kier molecular flexibility index (Phi) is 6.16. The molecular weight excluding hydrogens is 214 g/mol. The Morgan fingerprint density at radius 2 is 2.12 bits per heavy atom. The molecule has 0 aliphatic carbocycles. The SMILES string of the molecule is COCCCOc1ccc(C#CCN)cc1C. The van der Waals surface area contributed by atoms with Crippen LogP contribution in [0.15, 0.2) is 18.2 Å². The van der Waals surface area contributed by atoms with E-state index in [0.717, 1.165) is 29.9 Å². The fourth-order valence-electron chi connectivity index (χ4n) is 1.43. The van der Waals surface area contributed by atoms with Crippen molar-refractivity contribution >= 4 is 0 Å². The van der Waals surface area contributed by atoms with Crippen LogP contribution in [0.5, 0.6) is 5.75 Å². The lowest BCUT2D eigenvalue weighted by Gasteiger charge is -2.08. The predicted molar refractivity (Wildman–Crippen MR) is 69.1 cm³/mol. The summed E-state index contributed by atoms with van der Waals surface area (Å²) in [7, 11) is 1.69. The number of rotatable bonds is 5. The van der Waals surface area contributed by atoms with Crippen molar-refractivity contribution < 1.29 is 9.47 Å². The quantitative estimate of drug-likeness (QED) is 0.622. The Bertz CT molecular complexity index is 404. The molecule has 0 bridgehead atoms. The molecule has 92 valence electrons. The first kappa shape index (κ1) is 13.6. The number of ether oxygens (including phenoxy) is 2. The van der Waals surface area contributed by atoms with Gasteiger partial charge in [-0.15, -0.1) is 0 Å². The van der Waals surface area contributed by atoms with Gasteiger partial charge in [0.2, 0.25) is 0 Å². The van der Waals surface area contributed by atoms with Crippen LogP contribution in [0, 0.1) is 18.8 Å². The Morgan fingerprint density at radius 3 is 2.76 bits per heavy atom. The van der Waals surface area contributed by atoms with Gasteiger partial charge in [0.15, 0.2) is 0 Å². The molecule has 0 spiro atoms. The molecule has 2 N–H and O–H groups in total. The Balaban J connectivity index is 2.57. The first-order valence-electron chi connectivity index (χ1n) is 5.69. The fraction of sp³-hybridized carbons (Fsp3) is 0.429. The van der Waals surface area contributed by atoms with Gasteiger partial charge in [0.05, 0.1) is 13.2 Å². The second kappa shape index (κ2) is 7.72. The summed E-state index contributed by atoms with van der Waals surface area (Å²) in [5, 5.41) is 0. The zero-order chi connectivity index (χ0) is 12.5. The summed E-state index contributed by atoms with van der Waals surface area (Å²) in [5.74, 6) is 6.73. The molecule has 0 amide bonds. The molecule has 0 fully saturated rings. The van der Waals surface area contributed by atoms with E-state index >= 15 is 0 Å². The van der Waals surface area contributed by atoms with E-state index in [2.05, 4.69) is 11.8 Å². The summed E-state index contributed by atoms with van der Waals surface area (Å²) in [6.45, 7) is 3.79. The predicted octanol–water partition coefficient (Wildman–Crippen LogP) is 1.72. The van der Waals surface area contributed by atoms with Gasteiger partial charge in [0, 0.05) is 25.7 Å². The van der Waals surface area contributed by atoms with E-state index < -0.39 is 0 Å². The van der Waals surface area contributed by atoms with Crippen LogP contribution in [-0.2, 0) is 4.74 Å². The maximum Gasteiger partial charge on any atom is 0.122 e. The van der Waals surface area contributed by atoms with Gasteiger partial charge >= 0.3 is 0 Å². The van der Waals surface area contributed by atoms with Crippen LogP contribution in [0.4, 0.5) is 0 Å². The van der Waals surface area contributed by atoms with Gasteiger partial charge in [-0.3, -0.25) is 0 Å². The van der Waals surface area contributed by atoms with Crippen molar-refractivity contribution in [1.82, 2.24) is 0 Å². The molecule has 1 rings (SSSR count). The summed E-state index contributed by atoms with van der Waals surface area (Å²) in [6, 6.07) is 5.90. The van der Waals surface area contributed by atoms with Gasteiger partial charge < -0.3 is 15.2 Å². The van der Waals surface area contributed by atoms with Crippen LogP contribution in [0.1, 0.15) is 17.5 Å². The molecule has 3 nitrogen and oxygen atoms in total. The molecule has 0 saturated heterocycles. The highest BCUT2D eigenvalue weighted by Crippen LogP contribution is 2.18. The minimum atomic E-state index is 0.383. The van der Waals surface area contributed by atoms with Crippen molar-refractivity contribution in [1.29, 1.82) is 0 Å². The van der Waals surface area contributed by atoms with E-state index in [9.17, 15) is 0 Å². The zero-order valence-electron chi connectivity index (χ0n) is 10.5. The smallest absolute Gasteiger partial charge is 0.122 e. The average Bonchev–Trinajstić information content (AvgIpc) is 2.34. The van der Waals surface area contributed by atoms with Gasteiger partial charge in [0.25, 0.3) is 0 Å². The second-order valence-electron chi connectivity index (χ2n) is 3.68. The molecule has 17 heavy (non-hydrogen) atoms. The van der Waals surface area contributed by atoms with Crippen molar-refractivity contribution in [3.63, 3.8) is 0 Å². The summed E-state index contributed by atoms with van der Waals surface area (Å²) in [5.41, 5.74) is 7.39. The minimum Gasteiger partial charge on any atom is -0.493 e. The van der Waals surface area contributed by atoms with Crippen molar-refractivity contribution in [2.24, 2.45) is 5.73 Å². The Morgan fingerprint density at radius 1 is 1.29 bits per heavy atom. The first-order valence-corrected chi connectivity index (χ1v) is 5.69. The van der Waals surface area contributed by atoms with Crippen LogP contribution in [0.3, 0.4) is 0 Å². The zero-order valence-corrected chi connectivity index (χ0v) is 10.5. The lowest BCUT2D eigenvalue weighted by Crippen LogP contribution is -2.02. The third kappa shape index (κ3) is 4.90. The summed E-state index contributed by atoms with van der Waals surface area (Å²) < 4.78 is 10.6. The minimum absolute atomic E-state index is 0.383. The van der Waals surface area contributed by atoms with E-state index in [0.29, 0.717) is 13.2 Å². The van der Waals surface area contributed by atoms with Gasteiger partial charge in [-0.2, -0.15) is 0 Å². The van der Waals surface area contributed by atoms with Crippen molar-refractivity contribution in [3.05, 3.63) is 29.3 Å². The molecule has 3 heteroatoms. The third-order valence-electron chi connectivity index (χ3n) is 2.26. The Labute approximate surface area is 103 Å². The van der Waals surface area contributed by atoms with Gasteiger partial charge in [-0.25, -0.2) is 0 Å². The number of methoxy groups -OCH3 is 1. The van der Waals surface area contributed by atoms with Crippen LogP contribution in [0.2, 0.25) is 0 Å². The number of benzene rings is 1. The lowest BCUT2D eigenvalue weighted by molar-refractivity contribution is 0.172. The molecular formula is C14H19NO2. The highest BCUT2D eigenvalue weighted by atomic mass is 16.5. The maximum absolute atomic E-state index is 5.65. The third-order valence-corrected chi connectivity index (χ3v) is 2.26. The normalized spacial score (nSPS) is 9.59. The molecule has 0 unspecified atom stereocenters. The number of nitrogens with two attached hydrogens (primary N) is 1. The van der Waals surface area contributed by atoms with Gasteiger partial charge in [-0.05, 0) is 30.7 Å². The Hall–Kier alpha value is -1.50. The molecule has 0 aliphatic heterocycles. The van der Waals surface area contributed by atoms with E-state index in [1.165, 1.54) is 0 Å². The highest BCUT2D eigenvalue weighted by Gasteiger charge is 1.99. The molecule has 0 aromatic heterocycles. The molecule has 1 aromatic carbocycles. The van der Waals surface area contributed by atoms with Crippen LogP contribution in [0.25, 0.3) is 0 Å². The van der Waals surface area contributed by atoms with Crippen molar-refractivity contribution in [2.75, 3.05) is 26.9 Å². The van der Waals surface area contributed by atoms with Crippen molar-refractivity contribution in [3.8, 4) is 17.6 Å². The molecule has 0 atom stereocenters. The molecule has 0 heterocycles.